The zero-order chi connectivity index (χ0) is 10.7. The van der Waals surface area contributed by atoms with E-state index in [-0.39, 0.29) is 18.1 Å². The van der Waals surface area contributed by atoms with Crippen LogP contribution in [0.15, 0.2) is 0 Å². The smallest absolute Gasteiger partial charge is 0.317 e. The summed E-state index contributed by atoms with van der Waals surface area (Å²) in [6.45, 7) is 4.48. The number of carbonyl (C=O) groups excluding carboxylic acids is 1. The van der Waals surface area contributed by atoms with Crippen LogP contribution in [0.4, 0.5) is 4.79 Å². The number of rotatable bonds is 4. The third kappa shape index (κ3) is 2.87. The lowest BCUT2D eigenvalue weighted by Crippen LogP contribution is -2.49. The third-order valence-corrected chi connectivity index (χ3v) is 2.64. The summed E-state index contributed by atoms with van der Waals surface area (Å²) in [5, 5.41) is 2.87. The molecule has 1 rings (SSSR count). The fourth-order valence-corrected chi connectivity index (χ4v) is 1.65. The summed E-state index contributed by atoms with van der Waals surface area (Å²) in [6.07, 6.45) is 2.42. The summed E-state index contributed by atoms with van der Waals surface area (Å²) in [5.41, 5.74) is 5.66. The number of hydrogen-bond acceptors (Lipinski definition) is 2. The van der Waals surface area contributed by atoms with Crippen molar-refractivity contribution >= 4 is 6.03 Å². The minimum Gasteiger partial charge on any atom is -0.336 e. The van der Waals surface area contributed by atoms with Gasteiger partial charge in [0.15, 0.2) is 0 Å². The van der Waals surface area contributed by atoms with Gasteiger partial charge in [0.1, 0.15) is 0 Å². The molecule has 0 radical (unpaired) electrons. The molecular formula is C10H21N3O. The Labute approximate surface area is 85.8 Å². The fraction of sp³-hybridized carbons (Fsp3) is 0.900. The van der Waals surface area contributed by atoms with Gasteiger partial charge in [0.25, 0.3) is 0 Å². The molecule has 82 valence electrons. The lowest BCUT2D eigenvalue weighted by atomic mass is 10.1. The Morgan fingerprint density at radius 2 is 2.14 bits per heavy atom. The van der Waals surface area contributed by atoms with Crippen molar-refractivity contribution in [3.63, 3.8) is 0 Å². The Morgan fingerprint density at radius 3 is 2.50 bits per heavy atom. The average molecular weight is 199 g/mol. The molecule has 0 aromatic carbocycles. The molecule has 3 N–H and O–H groups in total. The molecule has 0 bridgehead atoms. The van der Waals surface area contributed by atoms with Crippen LogP contribution in [0.2, 0.25) is 0 Å². The van der Waals surface area contributed by atoms with Gasteiger partial charge in [-0.25, -0.2) is 4.79 Å². The van der Waals surface area contributed by atoms with Gasteiger partial charge < -0.3 is 16.0 Å². The van der Waals surface area contributed by atoms with Crippen LogP contribution in [0.3, 0.4) is 0 Å². The fourth-order valence-electron chi connectivity index (χ4n) is 1.65. The van der Waals surface area contributed by atoms with Crippen molar-refractivity contribution in [1.29, 1.82) is 0 Å². The zero-order valence-electron chi connectivity index (χ0n) is 9.29. The molecule has 4 heteroatoms. The molecule has 1 fully saturated rings. The molecule has 0 aliphatic heterocycles. The molecule has 1 saturated carbocycles. The Kier molecular flexibility index (Phi) is 3.75. The molecular weight excluding hydrogens is 178 g/mol. The van der Waals surface area contributed by atoms with Crippen LogP contribution in [0, 0.1) is 5.92 Å². The van der Waals surface area contributed by atoms with Crippen LogP contribution >= 0.6 is 0 Å². The normalized spacial score (nSPS) is 18.1. The Hall–Kier alpha value is -0.770. The van der Waals surface area contributed by atoms with Crippen molar-refractivity contribution in [3.8, 4) is 0 Å². The molecule has 0 heterocycles. The highest BCUT2D eigenvalue weighted by Gasteiger charge is 2.34. The number of nitrogens with zero attached hydrogens (tertiary/aromatic N) is 1. The summed E-state index contributed by atoms with van der Waals surface area (Å²) >= 11 is 0. The maximum atomic E-state index is 11.6. The molecule has 2 amide bonds. The van der Waals surface area contributed by atoms with Crippen LogP contribution in [0.5, 0.6) is 0 Å². The first-order valence-electron chi connectivity index (χ1n) is 5.29. The van der Waals surface area contributed by atoms with E-state index in [1.165, 1.54) is 12.8 Å². The molecule has 1 atom stereocenters. The lowest BCUT2D eigenvalue weighted by Gasteiger charge is -2.28. The standard InChI is InChI=1S/C10H21N3O/c1-7(2)12-10(14)13(3)9(6-11)8-4-5-8/h7-9H,4-6,11H2,1-3H3,(H,12,14). The van der Waals surface area contributed by atoms with E-state index in [4.69, 9.17) is 5.73 Å². The molecule has 0 spiro atoms. The molecule has 0 aromatic rings. The van der Waals surface area contributed by atoms with E-state index >= 15 is 0 Å². The van der Waals surface area contributed by atoms with Crippen molar-refractivity contribution in [2.45, 2.75) is 38.8 Å². The van der Waals surface area contributed by atoms with Gasteiger partial charge in [-0.3, -0.25) is 0 Å². The number of nitrogens with two attached hydrogens (primary N) is 1. The highest BCUT2D eigenvalue weighted by atomic mass is 16.2. The molecule has 0 aromatic heterocycles. The Balaban J connectivity index is 2.44. The first kappa shape index (κ1) is 11.3. The largest absolute Gasteiger partial charge is 0.336 e. The molecule has 1 unspecified atom stereocenters. The topological polar surface area (TPSA) is 58.4 Å². The molecule has 0 saturated heterocycles. The predicted octanol–water partition coefficient (Wildman–Crippen LogP) is 0.773. The van der Waals surface area contributed by atoms with Crippen molar-refractivity contribution < 1.29 is 4.79 Å². The summed E-state index contributed by atoms with van der Waals surface area (Å²) < 4.78 is 0. The van der Waals surface area contributed by atoms with E-state index in [9.17, 15) is 4.79 Å². The van der Waals surface area contributed by atoms with Crippen molar-refractivity contribution in [1.82, 2.24) is 10.2 Å². The maximum Gasteiger partial charge on any atom is 0.317 e. The first-order valence-corrected chi connectivity index (χ1v) is 5.29. The SMILES string of the molecule is CC(C)NC(=O)N(C)C(CN)C1CC1. The molecule has 4 nitrogen and oxygen atoms in total. The van der Waals surface area contributed by atoms with Gasteiger partial charge in [0.2, 0.25) is 0 Å². The van der Waals surface area contributed by atoms with Crippen molar-refractivity contribution in [2.75, 3.05) is 13.6 Å². The highest BCUT2D eigenvalue weighted by molar-refractivity contribution is 5.74. The molecule has 1 aliphatic rings. The first-order chi connectivity index (χ1) is 6.56. The second kappa shape index (κ2) is 4.64. The summed E-state index contributed by atoms with van der Waals surface area (Å²) in [7, 11) is 1.83. The number of carbonyl (C=O) groups is 1. The van der Waals surface area contributed by atoms with E-state index < -0.39 is 0 Å². The Morgan fingerprint density at radius 1 is 1.57 bits per heavy atom. The summed E-state index contributed by atoms with van der Waals surface area (Å²) in [5.74, 6) is 0.628. The minimum atomic E-state index is -0.0117. The zero-order valence-corrected chi connectivity index (χ0v) is 9.29. The van der Waals surface area contributed by atoms with E-state index in [1.54, 1.807) is 4.90 Å². The van der Waals surface area contributed by atoms with Crippen LogP contribution in [-0.2, 0) is 0 Å². The Bertz CT molecular complexity index is 202. The number of likely N-dealkylation sites (N-methyl/N-ethyl adjacent to an activating group) is 1. The number of nitrogens with one attached hydrogen (secondary N) is 1. The van der Waals surface area contributed by atoms with Gasteiger partial charge >= 0.3 is 6.03 Å². The van der Waals surface area contributed by atoms with Crippen molar-refractivity contribution in [2.24, 2.45) is 11.7 Å². The number of amides is 2. The van der Waals surface area contributed by atoms with Gasteiger partial charge in [0, 0.05) is 25.7 Å². The maximum absolute atomic E-state index is 11.6. The molecule has 14 heavy (non-hydrogen) atoms. The average Bonchev–Trinajstić information content (AvgIpc) is 2.88. The van der Waals surface area contributed by atoms with Crippen LogP contribution in [-0.4, -0.2) is 36.6 Å². The van der Waals surface area contributed by atoms with E-state index in [2.05, 4.69) is 5.32 Å². The lowest BCUT2D eigenvalue weighted by molar-refractivity contribution is 0.182. The van der Waals surface area contributed by atoms with Gasteiger partial charge in [-0.05, 0) is 32.6 Å². The second-order valence-corrected chi connectivity index (χ2v) is 4.36. The number of hydrogen-bond donors (Lipinski definition) is 2. The second-order valence-electron chi connectivity index (χ2n) is 4.36. The van der Waals surface area contributed by atoms with E-state index in [1.807, 2.05) is 20.9 Å². The van der Waals surface area contributed by atoms with Crippen molar-refractivity contribution in [3.05, 3.63) is 0 Å². The summed E-state index contributed by atoms with van der Waals surface area (Å²) in [4.78, 5) is 13.4. The molecule has 1 aliphatic carbocycles. The quantitative estimate of drug-likeness (QED) is 0.702. The monoisotopic (exact) mass is 199 g/mol. The van der Waals surface area contributed by atoms with Crippen LogP contribution < -0.4 is 11.1 Å². The van der Waals surface area contributed by atoms with Gasteiger partial charge in [0.05, 0.1) is 0 Å². The predicted molar refractivity (Wildman–Crippen MR) is 57.0 cm³/mol. The van der Waals surface area contributed by atoms with Gasteiger partial charge in [-0.2, -0.15) is 0 Å². The van der Waals surface area contributed by atoms with Gasteiger partial charge in [-0.1, -0.05) is 0 Å². The van der Waals surface area contributed by atoms with E-state index in [0.717, 1.165) is 0 Å². The highest BCUT2D eigenvalue weighted by Crippen LogP contribution is 2.34. The number of urea groups is 1. The van der Waals surface area contributed by atoms with Crippen LogP contribution in [0.1, 0.15) is 26.7 Å². The minimum absolute atomic E-state index is 0.0117. The van der Waals surface area contributed by atoms with Crippen LogP contribution in [0.25, 0.3) is 0 Å². The third-order valence-electron chi connectivity index (χ3n) is 2.64. The summed E-state index contributed by atoms with van der Waals surface area (Å²) in [6, 6.07) is 0.388. The van der Waals surface area contributed by atoms with E-state index in [0.29, 0.717) is 12.5 Å². The van der Waals surface area contributed by atoms with Gasteiger partial charge in [-0.15, -0.1) is 0 Å².